The van der Waals surface area contributed by atoms with Gasteiger partial charge in [0.2, 0.25) is 0 Å². The van der Waals surface area contributed by atoms with E-state index in [0.29, 0.717) is 0 Å². The average molecular weight is 753 g/mol. The molecular weight excluding hydrogens is 717 g/mol. The van der Waals surface area contributed by atoms with Crippen molar-refractivity contribution in [3.05, 3.63) is 174 Å². The van der Waals surface area contributed by atoms with Crippen molar-refractivity contribution in [3.8, 4) is 16.8 Å². The van der Waals surface area contributed by atoms with Gasteiger partial charge >= 0.3 is 0 Å². The van der Waals surface area contributed by atoms with Gasteiger partial charge in [-0.05, 0) is 103 Å². The van der Waals surface area contributed by atoms with Gasteiger partial charge in [-0.1, -0.05) is 97.1 Å². The summed E-state index contributed by atoms with van der Waals surface area (Å²) in [6, 6.07) is 44.0. The third kappa shape index (κ3) is 5.36. The second-order valence-electron chi connectivity index (χ2n) is 15.2. The molecule has 57 heavy (non-hydrogen) atoms. The highest BCUT2D eigenvalue weighted by molar-refractivity contribution is 7.25. The third-order valence-electron chi connectivity index (χ3n) is 11.8. The summed E-state index contributed by atoms with van der Waals surface area (Å²) in [5.41, 5.74) is 11.1. The van der Waals surface area contributed by atoms with Gasteiger partial charge in [-0.15, -0.1) is 11.3 Å². The number of aliphatic imine (C=N–C) groups is 2. The third-order valence-corrected chi connectivity index (χ3v) is 12.9. The van der Waals surface area contributed by atoms with E-state index >= 15 is 0 Å². The second kappa shape index (κ2) is 12.9. The zero-order chi connectivity index (χ0) is 37.5. The molecule has 3 aliphatic rings. The van der Waals surface area contributed by atoms with E-state index in [1.807, 2.05) is 11.3 Å². The normalized spacial score (nSPS) is 17.1. The summed E-state index contributed by atoms with van der Waals surface area (Å²) in [5.74, 6) is 1.69. The molecule has 0 bridgehead atoms. The quantitative estimate of drug-likeness (QED) is 0.190. The lowest BCUT2D eigenvalue weighted by Gasteiger charge is -2.26. The molecule has 5 nitrogen and oxygen atoms in total. The molecule has 0 radical (unpaired) electrons. The van der Waals surface area contributed by atoms with Crippen molar-refractivity contribution in [2.75, 3.05) is 0 Å². The zero-order valence-electron chi connectivity index (χ0n) is 31.1. The molecule has 12 rings (SSSR count). The van der Waals surface area contributed by atoms with Gasteiger partial charge in [-0.3, -0.25) is 0 Å². The summed E-state index contributed by atoms with van der Waals surface area (Å²) in [6.07, 6.45) is 17.3. The van der Waals surface area contributed by atoms with Gasteiger partial charge in [0.05, 0.1) is 11.0 Å². The van der Waals surface area contributed by atoms with Crippen LogP contribution in [0.15, 0.2) is 183 Å². The number of hydrogen-bond donors (Lipinski definition) is 1. The van der Waals surface area contributed by atoms with Crippen molar-refractivity contribution < 1.29 is 4.42 Å². The standard InChI is InChI=1S/C51H36N4OS/c1-3-11-31(12-4-1)49-52-50(32-13-5-2-6-14-32)54-51(53-49)35-20-24-40-42-27-33(21-26-47(42)57-48(40)29-35)34-19-23-39-41-30-36(22-25-45(41)56-46(39)28-34)55-43-17-9-7-15-37(43)38-16-8-10-18-44(38)55/h1,3,5,7-11,13-30,49H,2,4,6,12H2,(H,52,53,54). The fourth-order valence-corrected chi connectivity index (χ4v) is 10.1. The number of thiophene rings is 1. The van der Waals surface area contributed by atoms with Crippen LogP contribution in [-0.2, 0) is 0 Å². The molecule has 272 valence electrons. The lowest BCUT2D eigenvalue weighted by atomic mass is 10.00. The fraction of sp³-hybridized carbons (Fsp3) is 0.0980. The van der Waals surface area contributed by atoms with Crippen LogP contribution in [0.3, 0.4) is 0 Å². The van der Waals surface area contributed by atoms with E-state index in [9.17, 15) is 0 Å². The molecule has 0 spiro atoms. The van der Waals surface area contributed by atoms with Crippen molar-refractivity contribution in [1.29, 1.82) is 0 Å². The molecule has 1 unspecified atom stereocenters. The Morgan fingerprint density at radius 3 is 2.26 bits per heavy atom. The number of rotatable bonds is 5. The molecule has 1 atom stereocenters. The van der Waals surface area contributed by atoms with Gasteiger partial charge in [0.1, 0.15) is 23.2 Å². The highest BCUT2D eigenvalue weighted by Crippen LogP contribution is 2.40. The highest BCUT2D eigenvalue weighted by Gasteiger charge is 2.24. The number of fused-ring (bicyclic) bond motifs is 9. The predicted molar refractivity (Wildman–Crippen MR) is 240 cm³/mol. The van der Waals surface area contributed by atoms with Gasteiger partial charge in [0.15, 0.2) is 5.84 Å². The fourth-order valence-electron chi connectivity index (χ4n) is 8.93. The summed E-state index contributed by atoms with van der Waals surface area (Å²) in [6.45, 7) is 0. The number of allylic oxidation sites excluding steroid dienone is 5. The molecule has 4 heterocycles. The summed E-state index contributed by atoms with van der Waals surface area (Å²) < 4.78 is 11.4. The van der Waals surface area contributed by atoms with Crippen LogP contribution in [0.2, 0.25) is 0 Å². The molecule has 1 N–H and O–H groups in total. The first-order valence-corrected chi connectivity index (χ1v) is 20.6. The van der Waals surface area contributed by atoms with Gasteiger partial charge in [-0.2, -0.15) is 0 Å². The van der Waals surface area contributed by atoms with Crippen LogP contribution in [0.4, 0.5) is 0 Å². The van der Waals surface area contributed by atoms with Gasteiger partial charge in [0.25, 0.3) is 0 Å². The van der Waals surface area contributed by atoms with E-state index in [1.54, 1.807) is 0 Å². The first kappa shape index (κ1) is 32.5. The Morgan fingerprint density at radius 2 is 1.44 bits per heavy atom. The lowest BCUT2D eigenvalue weighted by Crippen LogP contribution is -2.40. The largest absolute Gasteiger partial charge is 0.456 e. The zero-order valence-corrected chi connectivity index (χ0v) is 31.9. The number of benzene rings is 6. The summed E-state index contributed by atoms with van der Waals surface area (Å²) in [5, 5.41) is 10.9. The molecule has 6 aromatic carbocycles. The van der Waals surface area contributed by atoms with E-state index in [2.05, 4.69) is 168 Å². The maximum atomic E-state index is 6.52. The van der Waals surface area contributed by atoms with Crippen molar-refractivity contribution in [1.82, 2.24) is 9.88 Å². The molecular formula is C51H36N4OS. The Kier molecular flexibility index (Phi) is 7.35. The van der Waals surface area contributed by atoms with Gasteiger partial charge in [-0.25, -0.2) is 9.98 Å². The summed E-state index contributed by atoms with van der Waals surface area (Å²) >= 11 is 1.83. The topological polar surface area (TPSA) is 54.8 Å². The van der Waals surface area contributed by atoms with Crippen LogP contribution in [-0.4, -0.2) is 22.4 Å². The van der Waals surface area contributed by atoms with Crippen LogP contribution >= 0.6 is 11.3 Å². The molecule has 0 fully saturated rings. The Labute approximate surface area is 333 Å². The molecule has 1 aliphatic heterocycles. The minimum absolute atomic E-state index is 0.124. The van der Waals surface area contributed by atoms with Crippen LogP contribution in [0.25, 0.3) is 80.7 Å². The number of furan rings is 1. The van der Waals surface area contributed by atoms with Crippen LogP contribution in [0.5, 0.6) is 0 Å². The number of para-hydroxylation sites is 2. The first-order chi connectivity index (χ1) is 28.2. The maximum Gasteiger partial charge on any atom is 0.159 e. The van der Waals surface area contributed by atoms with Gasteiger partial charge in [0, 0.05) is 58.5 Å². The molecule has 2 aliphatic carbocycles. The van der Waals surface area contributed by atoms with Crippen LogP contribution in [0, 0.1) is 0 Å². The van der Waals surface area contributed by atoms with E-state index < -0.39 is 0 Å². The van der Waals surface area contributed by atoms with E-state index in [4.69, 9.17) is 14.4 Å². The number of hydrogen-bond acceptors (Lipinski definition) is 5. The summed E-state index contributed by atoms with van der Waals surface area (Å²) in [4.78, 5) is 10.3. The van der Waals surface area contributed by atoms with Gasteiger partial charge < -0.3 is 14.3 Å². The van der Waals surface area contributed by atoms with E-state index in [1.165, 1.54) is 53.1 Å². The predicted octanol–water partition coefficient (Wildman–Crippen LogP) is 13.3. The van der Waals surface area contributed by atoms with Crippen molar-refractivity contribution in [3.63, 3.8) is 0 Å². The van der Waals surface area contributed by atoms with E-state index in [0.717, 1.165) is 81.7 Å². The van der Waals surface area contributed by atoms with Crippen molar-refractivity contribution in [2.24, 2.45) is 9.98 Å². The minimum Gasteiger partial charge on any atom is -0.456 e. The highest BCUT2D eigenvalue weighted by atomic mass is 32.1. The monoisotopic (exact) mass is 752 g/mol. The molecule has 0 amide bonds. The van der Waals surface area contributed by atoms with E-state index in [-0.39, 0.29) is 6.17 Å². The maximum absolute atomic E-state index is 6.52. The van der Waals surface area contributed by atoms with Crippen LogP contribution < -0.4 is 5.32 Å². The SMILES string of the molecule is C1=CCCC(C2N=C(c3ccc4c(c3)sc3ccc(-c5ccc6c(c5)oc5ccc(-n7c8ccccc8c8ccccc87)cc56)cc34)N=C(C3=CCCC=C3)N2)=C1. The Bertz CT molecular complexity index is 3290. The summed E-state index contributed by atoms with van der Waals surface area (Å²) in [7, 11) is 0. The smallest absolute Gasteiger partial charge is 0.159 e. The van der Waals surface area contributed by atoms with Crippen LogP contribution in [0.1, 0.15) is 31.2 Å². The molecule has 3 aromatic heterocycles. The molecule has 0 saturated heterocycles. The molecule has 9 aromatic rings. The Balaban J connectivity index is 0.904. The lowest BCUT2D eigenvalue weighted by molar-refractivity contribution is 0.669. The Morgan fingerprint density at radius 1 is 0.632 bits per heavy atom. The molecule has 0 saturated carbocycles. The number of aromatic nitrogens is 1. The average Bonchev–Trinajstić information content (AvgIpc) is 3.95. The first-order valence-electron chi connectivity index (χ1n) is 19.8. The second-order valence-corrected chi connectivity index (χ2v) is 16.3. The van der Waals surface area contributed by atoms with Crippen molar-refractivity contribution in [2.45, 2.75) is 31.8 Å². The Hall–Kier alpha value is -6.76. The van der Waals surface area contributed by atoms with Crippen molar-refractivity contribution >= 4 is 86.9 Å². The minimum atomic E-state index is -0.124. The number of nitrogens with zero attached hydrogens (tertiary/aromatic N) is 3. The number of amidine groups is 2. The number of nitrogens with one attached hydrogen (secondary N) is 1. The molecule has 6 heteroatoms.